The highest BCUT2D eigenvalue weighted by Gasteiger charge is 2.15. The van der Waals surface area contributed by atoms with Gasteiger partial charge in [0.2, 0.25) is 5.91 Å². The van der Waals surface area contributed by atoms with E-state index in [1.54, 1.807) is 51.1 Å². The smallest absolute Gasteiger partial charge is 0.407 e. The Morgan fingerprint density at radius 1 is 0.967 bits per heavy atom. The number of amides is 3. The van der Waals surface area contributed by atoms with Gasteiger partial charge in [0, 0.05) is 30.1 Å². The molecule has 0 saturated carbocycles. The number of carbonyl (C=O) groups is 3. The molecule has 3 N–H and O–H groups in total. The van der Waals surface area contributed by atoms with Gasteiger partial charge in [0.05, 0.1) is 5.56 Å². The van der Waals surface area contributed by atoms with Gasteiger partial charge in [-0.05, 0) is 50.6 Å². The van der Waals surface area contributed by atoms with Gasteiger partial charge in [-0.3, -0.25) is 9.59 Å². The molecule has 0 fully saturated rings. The van der Waals surface area contributed by atoms with E-state index in [0.717, 1.165) is 5.56 Å². The fourth-order valence-corrected chi connectivity index (χ4v) is 2.71. The summed E-state index contributed by atoms with van der Waals surface area (Å²) in [5.41, 5.74) is 1.45. The monoisotopic (exact) mass is 429 g/mol. The number of nitrogens with one attached hydrogen (secondary N) is 3. The number of anilines is 1. The first kappa shape index (κ1) is 23.3. The van der Waals surface area contributed by atoms with Crippen molar-refractivity contribution in [2.45, 2.75) is 44.2 Å². The molecule has 0 spiro atoms. The van der Waals surface area contributed by atoms with Crippen LogP contribution in [-0.2, 0) is 16.1 Å². The van der Waals surface area contributed by atoms with Crippen LogP contribution in [0.1, 0.15) is 43.1 Å². The Morgan fingerprint density at radius 2 is 1.63 bits per heavy atom. The molecule has 0 aliphatic heterocycles. The molecule has 8 heteroatoms. The van der Waals surface area contributed by atoms with Crippen molar-refractivity contribution in [1.82, 2.24) is 10.6 Å². The van der Waals surface area contributed by atoms with Crippen LogP contribution >= 0.6 is 12.6 Å². The van der Waals surface area contributed by atoms with Crippen molar-refractivity contribution in [2.24, 2.45) is 0 Å². The number of ether oxygens (including phenoxy) is 1. The van der Waals surface area contributed by atoms with E-state index in [1.807, 2.05) is 18.2 Å². The molecule has 2 rings (SSSR count). The molecule has 0 aromatic heterocycles. The lowest BCUT2D eigenvalue weighted by molar-refractivity contribution is -0.121. The lowest BCUT2D eigenvalue weighted by atomic mass is 10.1. The quantitative estimate of drug-likeness (QED) is 0.504. The summed E-state index contributed by atoms with van der Waals surface area (Å²) in [5, 5.41) is 8.15. The summed E-state index contributed by atoms with van der Waals surface area (Å²) in [6, 6.07) is 14.2. The third kappa shape index (κ3) is 8.16. The van der Waals surface area contributed by atoms with Crippen molar-refractivity contribution in [3.8, 4) is 0 Å². The molecule has 0 saturated heterocycles. The summed E-state index contributed by atoms with van der Waals surface area (Å²) in [7, 11) is 0. The maximum atomic E-state index is 12.3. The minimum Gasteiger partial charge on any atom is -0.444 e. The number of carbonyl (C=O) groups excluding carboxylic acids is 3. The molecular formula is C22H27N3O4S. The van der Waals surface area contributed by atoms with E-state index in [4.69, 9.17) is 4.74 Å². The molecule has 2 aromatic rings. The van der Waals surface area contributed by atoms with Gasteiger partial charge in [0.1, 0.15) is 5.60 Å². The molecule has 2 aromatic carbocycles. The maximum absolute atomic E-state index is 12.3. The summed E-state index contributed by atoms with van der Waals surface area (Å²) in [6.45, 7) is 5.86. The zero-order valence-electron chi connectivity index (χ0n) is 17.3. The van der Waals surface area contributed by atoms with Crippen LogP contribution in [0.2, 0.25) is 0 Å². The Labute approximate surface area is 182 Å². The van der Waals surface area contributed by atoms with E-state index in [2.05, 4.69) is 28.6 Å². The molecule has 0 aliphatic rings. The molecule has 0 unspecified atom stereocenters. The van der Waals surface area contributed by atoms with Crippen molar-refractivity contribution in [3.63, 3.8) is 0 Å². The zero-order valence-corrected chi connectivity index (χ0v) is 18.2. The highest BCUT2D eigenvalue weighted by Crippen LogP contribution is 2.16. The summed E-state index contributed by atoms with van der Waals surface area (Å²) >= 11 is 4.29. The first-order valence-electron chi connectivity index (χ1n) is 9.56. The number of alkyl carbamates (subject to hydrolysis) is 1. The molecule has 0 radical (unpaired) electrons. The maximum Gasteiger partial charge on any atom is 0.407 e. The standard InChI is InChI=1S/C22H27N3O4S/c1-22(2,3)29-21(28)23-13-12-19(26)24-14-15-8-10-16(11-9-15)25-20(27)17-6-4-5-7-18(17)30/h4-11,30H,12-14H2,1-3H3,(H,23,28)(H,24,26)(H,25,27). The van der Waals surface area contributed by atoms with Crippen LogP contribution in [0.3, 0.4) is 0 Å². The lowest BCUT2D eigenvalue weighted by Gasteiger charge is -2.19. The van der Waals surface area contributed by atoms with Gasteiger partial charge >= 0.3 is 6.09 Å². The molecular weight excluding hydrogens is 402 g/mol. The Morgan fingerprint density at radius 3 is 2.27 bits per heavy atom. The van der Waals surface area contributed by atoms with Crippen molar-refractivity contribution >= 4 is 36.2 Å². The van der Waals surface area contributed by atoms with E-state index in [1.165, 1.54) is 0 Å². The van der Waals surface area contributed by atoms with E-state index >= 15 is 0 Å². The van der Waals surface area contributed by atoms with Gasteiger partial charge in [-0.25, -0.2) is 4.79 Å². The van der Waals surface area contributed by atoms with Gasteiger partial charge in [-0.15, -0.1) is 12.6 Å². The van der Waals surface area contributed by atoms with Gasteiger partial charge in [0.25, 0.3) is 5.91 Å². The van der Waals surface area contributed by atoms with Crippen LogP contribution in [-0.4, -0.2) is 30.1 Å². The van der Waals surface area contributed by atoms with Crippen molar-refractivity contribution in [1.29, 1.82) is 0 Å². The van der Waals surface area contributed by atoms with E-state index < -0.39 is 11.7 Å². The normalized spacial score (nSPS) is 10.8. The van der Waals surface area contributed by atoms with Crippen LogP contribution in [0.5, 0.6) is 0 Å². The average molecular weight is 430 g/mol. The summed E-state index contributed by atoms with van der Waals surface area (Å²) in [4.78, 5) is 36.4. The Kier molecular flexibility index (Phi) is 8.29. The molecule has 0 aliphatic carbocycles. The van der Waals surface area contributed by atoms with E-state index in [9.17, 15) is 14.4 Å². The molecule has 3 amide bonds. The Hall–Kier alpha value is -3.00. The molecule has 30 heavy (non-hydrogen) atoms. The second-order valence-electron chi connectivity index (χ2n) is 7.62. The lowest BCUT2D eigenvalue weighted by Crippen LogP contribution is -2.35. The highest BCUT2D eigenvalue weighted by atomic mass is 32.1. The molecule has 0 heterocycles. The number of thiol groups is 1. The Bertz CT molecular complexity index is 892. The van der Waals surface area contributed by atoms with Crippen molar-refractivity contribution in [3.05, 3.63) is 59.7 Å². The molecule has 0 bridgehead atoms. The van der Waals surface area contributed by atoms with Gasteiger partial charge in [0.15, 0.2) is 0 Å². The van der Waals surface area contributed by atoms with E-state index in [0.29, 0.717) is 22.7 Å². The summed E-state index contributed by atoms with van der Waals surface area (Å²) < 4.78 is 5.11. The number of benzene rings is 2. The molecule has 160 valence electrons. The number of hydrogen-bond acceptors (Lipinski definition) is 5. The zero-order chi connectivity index (χ0) is 22.1. The fourth-order valence-electron chi connectivity index (χ4n) is 2.45. The van der Waals surface area contributed by atoms with Crippen LogP contribution in [0.4, 0.5) is 10.5 Å². The predicted octanol–water partition coefficient (Wildman–Crippen LogP) is 3.76. The molecule has 0 atom stereocenters. The minimum absolute atomic E-state index is 0.149. The summed E-state index contributed by atoms with van der Waals surface area (Å²) in [5.74, 6) is -0.423. The fraction of sp³-hybridized carbons (Fsp3) is 0.318. The van der Waals surface area contributed by atoms with Crippen LogP contribution in [0, 0.1) is 0 Å². The van der Waals surface area contributed by atoms with Crippen molar-refractivity contribution < 1.29 is 19.1 Å². The van der Waals surface area contributed by atoms with Gasteiger partial charge in [-0.1, -0.05) is 24.3 Å². The first-order valence-corrected chi connectivity index (χ1v) is 10.0. The van der Waals surface area contributed by atoms with Crippen molar-refractivity contribution in [2.75, 3.05) is 11.9 Å². The summed E-state index contributed by atoms with van der Waals surface area (Å²) in [6.07, 6.45) is -0.398. The van der Waals surface area contributed by atoms with Crippen LogP contribution in [0.15, 0.2) is 53.4 Å². The largest absolute Gasteiger partial charge is 0.444 e. The van der Waals surface area contributed by atoms with Crippen LogP contribution in [0.25, 0.3) is 0 Å². The van der Waals surface area contributed by atoms with Gasteiger partial charge < -0.3 is 20.7 Å². The third-order valence-corrected chi connectivity index (χ3v) is 4.26. The number of rotatable bonds is 7. The SMILES string of the molecule is CC(C)(C)OC(=O)NCCC(=O)NCc1ccc(NC(=O)c2ccccc2S)cc1. The second-order valence-corrected chi connectivity index (χ2v) is 8.11. The Balaban J connectivity index is 1.74. The molecule has 7 nitrogen and oxygen atoms in total. The third-order valence-electron chi connectivity index (χ3n) is 3.87. The highest BCUT2D eigenvalue weighted by molar-refractivity contribution is 7.80. The predicted molar refractivity (Wildman–Crippen MR) is 119 cm³/mol. The first-order chi connectivity index (χ1) is 14.1. The second kappa shape index (κ2) is 10.7. The topological polar surface area (TPSA) is 96.5 Å². The minimum atomic E-state index is -0.575. The van der Waals surface area contributed by atoms with Gasteiger partial charge in [-0.2, -0.15) is 0 Å². The average Bonchev–Trinajstić information content (AvgIpc) is 2.66. The number of hydrogen-bond donors (Lipinski definition) is 4. The van der Waals surface area contributed by atoms with E-state index in [-0.39, 0.29) is 24.8 Å². The van der Waals surface area contributed by atoms with Crippen LogP contribution < -0.4 is 16.0 Å².